The second kappa shape index (κ2) is 5.96. The lowest BCUT2D eigenvalue weighted by molar-refractivity contribution is -0.129. The van der Waals surface area contributed by atoms with E-state index in [1.165, 1.54) is 19.4 Å². The molecule has 1 aliphatic rings. The molecule has 0 unspecified atom stereocenters. The van der Waals surface area contributed by atoms with Crippen molar-refractivity contribution in [2.75, 3.05) is 26.2 Å². The summed E-state index contributed by atoms with van der Waals surface area (Å²) in [6, 6.07) is 0. The Kier molecular flexibility index (Phi) is 4.29. The van der Waals surface area contributed by atoms with E-state index in [1.807, 2.05) is 0 Å². The second-order valence-corrected chi connectivity index (χ2v) is 4.89. The number of aryl methyl sites for hydroxylation is 1. The van der Waals surface area contributed by atoms with Crippen LogP contribution in [0.4, 0.5) is 0 Å². The van der Waals surface area contributed by atoms with Crippen molar-refractivity contribution in [3.8, 4) is 0 Å². The van der Waals surface area contributed by atoms with Crippen LogP contribution < -0.4 is 0 Å². The Labute approximate surface area is 117 Å². The van der Waals surface area contributed by atoms with E-state index in [0.29, 0.717) is 24.3 Å². The first-order valence-corrected chi connectivity index (χ1v) is 6.48. The van der Waals surface area contributed by atoms with Crippen molar-refractivity contribution in [1.29, 1.82) is 0 Å². The summed E-state index contributed by atoms with van der Waals surface area (Å²) in [5.74, 6) is -0.315. The number of carbonyl (C=O) groups excluding carboxylic acids is 2. The van der Waals surface area contributed by atoms with E-state index in [9.17, 15) is 14.7 Å². The lowest BCUT2D eigenvalue weighted by Gasteiger charge is -2.22. The molecule has 0 bridgehead atoms. The highest BCUT2D eigenvalue weighted by Crippen LogP contribution is 2.11. The molecule has 0 saturated carbocycles. The third kappa shape index (κ3) is 3.11. The van der Waals surface area contributed by atoms with Gasteiger partial charge in [0.2, 0.25) is 5.91 Å². The molecule has 1 aliphatic heterocycles. The number of nitrogens with zero attached hydrogens (tertiary/aromatic N) is 4. The predicted octanol–water partition coefficient (Wildman–Crippen LogP) is -0.550. The number of aliphatic hydroxyl groups is 1. The molecule has 2 rings (SSSR count). The van der Waals surface area contributed by atoms with Crippen molar-refractivity contribution in [3.63, 3.8) is 0 Å². The van der Waals surface area contributed by atoms with Gasteiger partial charge in [0.25, 0.3) is 5.91 Å². The summed E-state index contributed by atoms with van der Waals surface area (Å²) in [6.45, 7) is 4.47. The summed E-state index contributed by atoms with van der Waals surface area (Å²) in [5.41, 5.74) is 1.03. The first-order valence-electron chi connectivity index (χ1n) is 6.48. The molecule has 0 radical (unpaired) electrons. The summed E-state index contributed by atoms with van der Waals surface area (Å²) in [5, 5.41) is 9.92. The van der Waals surface area contributed by atoms with Crippen molar-refractivity contribution in [2.45, 2.75) is 20.0 Å². The van der Waals surface area contributed by atoms with Crippen LogP contribution in [0.2, 0.25) is 0 Å². The zero-order valence-electron chi connectivity index (χ0n) is 11.6. The van der Waals surface area contributed by atoms with Gasteiger partial charge in [-0.3, -0.25) is 9.59 Å². The highest BCUT2D eigenvalue weighted by molar-refractivity contribution is 5.95. The van der Waals surface area contributed by atoms with Crippen LogP contribution >= 0.6 is 0 Å². The smallest absolute Gasteiger partial charge is 0.257 e. The molecular formula is C13H18N4O3. The quantitative estimate of drug-likeness (QED) is 0.745. The van der Waals surface area contributed by atoms with E-state index in [-0.39, 0.29) is 24.9 Å². The van der Waals surface area contributed by atoms with Crippen LogP contribution in [0.15, 0.2) is 12.5 Å². The molecule has 0 spiro atoms. The Bertz CT molecular complexity index is 520. The Hall–Kier alpha value is -2.02. The number of rotatable bonds is 1. The van der Waals surface area contributed by atoms with E-state index < -0.39 is 6.10 Å². The Morgan fingerprint density at radius 2 is 1.95 bits per heavy atom. The molecule has 20 heavy (non-hydrogen) atoms. The van der Waals surface area contributed by atoms with Crippen LogP contribution in [-0.4, -0.2) is 69.0 Å². The average Bonchev–Trinajstić information content (AvgIpc) is 2.60. The Balaban J connectivity index is 2.15. The standard InChI is InChI=1S/C13H18N4O3/c1-9-12(5-14-8-15-9)13(20)17-4-3-16(10(2)18)6-11(19)7-17/h5,8,11,19H,3-4,6-7H2,1-2H3/t11-/m0/s1. The number of aliphatic hydroxyl groups excluding tert-OH is 1. The highest BCUT2D eigenvalue weighted by atomic mass is 16.3. The lowest BCUT2D eigenvalue weighted by atomic mass is 10.2. The van der Waals surface area contributed by atoms with Crippen LogP contribution in [0.1, 0.15) is 23.0 Å². The number of β-amino-alcohol motifs (C(OH)–C–C–N with tert-alkyl or cyclic N) is 1. The van der Waals surface area contributed by atoms with Crippen molar-refractivity contribution in [2.24, 2.45) is 0 Å². The summed E-state index contributed by atoms with van der Waals surface area (Å²) in [7, 11) is 0. The van der Waals surface area contributed by atoms with Gasteiger partial charge in [-0.05, 0) is 6.92 Å². The van der Waals surface area contributed by atoms with Crippen molar-refractivity contribution in [3.05, 3.63) is 23.8 Å². The molecule has 0 aliphatic carbocycles. The molecule has 1 aromatic rings. The molecule has 108 valence electrons. The number of carbonyl (C=O) groups is 2. The van der Waals surface area contributed by atoms with Gasteiger partial charge < -0.3 is 14.9 Å². The zero-order valence-corrected chi connectivity index (χ0v) is 11.6. The number of amides is 2. The maximum atomic E-state index is 12.4. The maximum absolute atomic E-state index is 12.4. The van der Waals surface area contributed by atoms with E-state index in [1.54, 1.807) is 16.7 Å². The second-order valence-electron chi connectivity index (χ2n) is 4.89. The molecule has 1 fully saturated rings. The van der Waals surface area contributed by atoms with Crippen LogP contribution in [-0.2, 0) is 4.79 Å². The minimum absolute atomic E-state index is 0.0995. The van der Waals surface area contributed by atoms with Gasteiger partial charge in [-0.15, -0.1) is 0 Å². The fourth-order valence-corrected chi connectivity index (χ4v) is 2.23. The topological polar surface area (TPSA) is 86.6 Å². The van der Waals surface area contributed by atoms with Gasteiger partial charge >= 0.3 is 0 Å². The molecule has 0 aromatic carbocycles. The third-order valence-electron chi connectivity index (χ3n) is 3.38. The van der Waals surface area contributed by atoms with Gasteiger partial charge in [0, 0.05) is 39.3 Å². The van der Waals surface area contributed by atoms with Gasteiger partial charge in [0.1, 0.15) is 6.33 Å². The van der Waals surface area contributed by atoms with Crippen LogP contribution in [0.5, 0.6) is 0 Å². The van der Waals surface area contributed by atoms with Gasteiger partial charge in [0.15, 0.2) is 0 Å². The van der Waals surface area contributed by atoms with Crippen molar-refractivity contribution in [1.82, 2.24) is 19.8 Å². The van der Waals surface area contributed by atoms with Crippen molar-refractivity contribution < 1.29 is 14.7 Å². The van der Waals surface area contributed by atoms with E-state index in [4.69, 9.17) is 0 Å². The fraction of sp³-hybridized carbons (Fsp3) is 0.538. The largest absolute Gasteiger partial charge is 0.389 e. The van der Waals surface area contributed by atoms with E-state index >= 15 is 0 Å². The molecule has 1 saturated heterocycles. The average molecular weight is 278 g/mol. The minimum atomic E-state index is -0.740. The fourth-order valence-electron chi connectivity index (χ4n) is 2.23. The van der Waals surface area contributed by atoms with Gasteiger partial charge in [0.05, 0.1) is 17.4 Å². The highest BCUT2D eigenvalue weighted by Gasteiger charge is 2.27. The van der Waals surface area contributed by atoms with Crippen molar-refractivity contribution >= 4 is 11.8 Å². The van der Waals surface area contributed by atoms with Crippen LogP contribution in [0, 0.1) is 6.92 Å². The summed E-state index contributed by atoms with van der Waals surface area (Å²) < 4.78 is 0. The van der Waals surface area contributed by atoms with E-state index in [0.717, 1.165) is 0 Å². The summed E-state index contributed by atoms with van der Waals surface area (Å²) in [6.07, 6.45) is 2.13. The maximum Gasteiger partial charge on any atom is 0.257 e. The predicted molar refractivity (Wildman–Crippen MR) is 70.9 cm³/mol. The van der Waals surface area contributed by atoms with E-state index in [2.05, 4.69) is 9.97 Å². The molecule has 2 amide bonds. The number of hydrogen-bond acceptors (Lipinski definition) is 5. The van der Waals surface area contributed by atoms with Gasteiger partial charge in [-0.2, -0.15) is 0 Å². The first kappa shape index (κ1) is 14.4. The molecule has 7 heteroatoms. The number of aromatic nitrogens is 2. The minimum Gasteiger partial charge on any atom is -0.389 e. The van der Waals surface area contributed by atoms with Crippen LogP contribution in [0.3, 0.4) is 0 Å². The molecule has 1 aromatic heterocycles. The van der Waals surface area contributed by atoms with Crippen LogP contribution in [0.25, 0.3) is 0 Å². The summed E-state index contributed by atoms with van der Waals surface area (Å²) in [4.78, 5) is 34.8. The Morgan fingerprint density at radius 3 is 2.60 bits per heavy atom. The summed E-state index contributed by atoms with van der Waals surface area (Å²) >= 11 is 0. The number of hydrogen-bond donors (Lipinski definition) is 1. The molecule has 1 atom stereocenters. The molecule has 2 heterocycles. The SMILES string of the molecule is CC(=O)N1CCN(C(=O)c2cncnc2C)C[C@@H](O)C1. The zero-order chi connectivity index (χ0) is 14.7. The van der Waals surface area contributed by atoms with Gasteiger partial charge in [-0.25, -0.2) is 9.97 Å². The Morgan fingerprint density at radius 1 is 1.30 bits per heavy atom. The first-order chi connectivity index (χ1) is 9.49. The molecular weight excluding hydrogens is 260 g/mol. The monoisotopic (exact) mass is 278 g/mol. The van der Waals surface area contributed by atoms with Gasteiger partial charge in [-0.1, -0.05) is 0 Å². The lowest BCUT2D eigenvalue weighted by Crippen LogP contribution is -2.38. The molecule has 1 N–H and O–H groups in total. The third-order valence-corrected chi connectivity index (χ3v) is 3.38. The molecule has 7 nitrogen and oxygen atoms in total. The normalized spacial score (nSPS) is 19.6.